The number of halogens is 6. The molecule has 0 bridgehead atoms. The van der Waals surface area contributed by atoms with Crippen LogP contribution in [0.2, 0.25) is 0 Å². The van der Waals surface area contributed by atoms with E-state index in [0.717, 1.165) is 0 Å². The van der Waals surface area contributed by atoms with Gasteiger partial charge in [0, 0.05) is 38.1 Å². The van der Waals surface area contributed by atoms with E-state index in [1.165, 1.54) is 47.3 Å². The van der Waals surface area contributed by atoms with Crippen LogP contribution in [0, 0.1) is 5.82 Å². The van der Waals surface area contributed by atoms with Gasteiger partial charge in [-0.25, -0.2) is 24.3 Å². The maximum atomic E-state index is 13.8. The summed E-state index contributed by atoms with van der Waals surface area (Å²) in [6, 6.07) is 5.55. The van der Waals surface area contributed by atoms with Gasteiger partial charge in [0.2, 0.25) is 5.91 Å². The number of imidazole rings is 1. The maximum Gasteiger partial charge on any atom is 0.453 e. The van der Waals surface area contributed by atoms with Gasteiger partial charge in [-0.3, -0.25) is 4.79 Å². The molecule has 2 aliphatic heterocycles. The van der Waals surface area contributed by atoms with Gasteiger partial charge in [0.25, 0.3) is 0 Å². The molecule has 5 heterocycles. The normalized spacial score (nSPS) is 20.2. The van der Waals surface area contributed by atoms with Crippen molar-refractivity contribution < 1.29 is 35.9 Å². The lowest BCUT2D eigenvalue weighted by molar-refractivity contribution is -0.284. The predicted molar refractivity (Wildman–Crippen MR) is 147 cm³/mol. The van der Waals surface area contributed by atoms with Crippen LogP contribution in [0.5, 0.6) is 0 Å². The number of nitrogens with one attached hydrogen (secondary N) is 1. The number of benzene rings is 1. The van der Waals surface area contributed by atoms with Crippen LogP contribution in [0.3, 0.4) is 0 Å². The molecule has 1 saturated heterocycles. The summed E-state index contributed by atoms with van der Waals surface area (Å²) in [6.45, 7) is 6.64. The average molecular weight is 620 g/mol. The Bertz CT molecular complexity index is 1760. The summed E-state index contributed by atoms with van der Waals surface area (Å²) in [5.41, 5.74) is -0.855. The van der Waals surface area contributed by atoms with Crippen LogP contribution in [0.15, 0.2) is 42.9 Å². The molecule has 0 aliphatic carbocycles. The zero-order valence-corrected chi connectivity index (χ0v) is 23.8. The van der Waals surface area contributed by atoms with E-state index in [4.69, 9.17) is 9.72 Å². The molecule has 0 saturated carbocycles. The topological polar surface area (TPSA) is 97.5 Å². The van der Waals surface area contributed by atoms with Gasteiger partial charge in [0.1, 0.15) is 28.6 Å². The van der Waals surface area contributed by atoms with Crippen LogP contribution in [-0.4, -0.2) is 67.6 Å². The first-order valence-electron chi connectivity index (χ1n) is 13.8. The molecular formula is C29H27F6N7O2. The molecule has 1 aromatic carbocycles. The molecule has 6 rings (SSSR count). The third-order valence-electron chi connectivity index (χ3n) is 7.99. The summed E-state index contributed by atoms with van der Waals surface area (Å²) in [6.07, 6.45) is -3.62. The molecule has 1 fully saturated rings. The molecule has 1 atom stereocenters. The number of morpholine rings is 1. The maximum absolute atomic E-state index is 13.8. The Morgan fingerprint density at radius 2 is 1.77 bits per heavy atom. The zero-order valence-electron chi connectivity index (χ0n) is 23.8. The molecule has 1 amide bonds. The molecule has 1 N–H and O–H groups in total. The first-order valence-corrected chi connectivity index (χ1v) is 13.8. The lowest BCUT2D eigenvalue weighted by atomic mass is 9.77. The van der Waals surface area contributed by atoms with E-state index in [1.54, 1.807) is 6.92 Å². The van der Waals surface area contributed by atoms with E-state index >= 15 is 0 Å². The fraction of sp³-hybridized carbons (Fsp3) is 0.414. The quantitative estimate of drug-likeness (QED) is 0.292. The van der Waals surface area contributed by atoms with Gasteiger partial charge < -0.3 is 19.4 Å². The van der Waals surface area contributed by atoms with E-state index in [2.05, 4.69) is 20.3 Å². The number of alkyl halides is 5. The van der Waals surface area contributed by atoms with Gasteiger partial charge in [-0.05, 0) is 44.9 Å². The van der Waals surface area contributed by atoms with Crippen LogP contribution < -0.4 is 10.2 Å². The minimum atomic E-state index is -5.71. The van der Waals surface area contributed by atoms with E-state index < -0.39 is 47.7 Å². The van der Waals surface area contributed by atoms with Gasteiger partial charge in [0.15, 0.2) is 11.5 Å². The number of anilines is 2. The zero-order chi connectivity index (χ0) is 31.7. The summed E-state index contributed by atoms with van der Waals surface area (Å²) in [7, 11) is 0. The molecule has 1 unspecified atom stereocenters. The summed E-state index contributed by atoms with van der Waals surface area (Å²) in [4.78, 5) is 33.4. The first kappa shape index (κ1) is 29.8. The number of hydrogen-bond acceptors (Lipinski definition) is 7. The van der Waals surface area contributed by atoms with Crippen molar-refractivity contribution in [3.8, 4) is 11.5 Å². The van der Waals surface area contributed by atoms with Gasteiger partial charge in [-0.1, -0.05) is 12.1 Å². The third-order valence-corrected chi connectivity index (χ3v) is 7.99. The van der Waals surface area contributed by atoms with Crippen molar-refractivity contribution in [2.45, 2.75) is 56.7 Å². The highest BCUT2D eigenvalue weighted by Gasteiger charge is 2.56. The number of hydrogen-bond donors (Lipinski definition) is 1. The summed E-state index contributed by atoms with van der Waals surface area (Å²) in [5, 5.41) is 2.81. The number of carbonyl (C=O) groups excluding carboxylic acids is 1. The van der Waals surface area contributed by atoms with Crippen LogP contribution in [0.4, 0.5) is 38.0 Å². The van der Waals surface area contributed by atoms with Gasteiger partial charge in [0.05, 0.1) is 23.5 Å². The van der Waals surface area contributed by atoms with Gasteiger partial charge in [-0.2, -0.15) is 22.0 Å². The molecule has 4 aromatic rings. The summed E-state index contributed by atoms with van der Waals surface area (Å²) < 4.78 is 87.5. The number of aromatic nitrogens is 5. The molecule has 232 valence electrons. The molecule has 0 radical (unpaired) electrons. The number of fused-ring (bicyclic) bond motifs is 2. The molecule has 2 aliphatic rings. The monoisotopic (exact) mass is 619 g/mol. The van der Waals surface area contributed by atoms with Crippen LogP contribution in [-0.2, 0) is 21.4 Å². The Balaban J connectivity index is 1.50. The van der Waals surface area contributed by atoms with Crippen LogP contribution in [0.1, 0.15) is 44.0 Å². The predicted octanol–water partition coefficient (Wildman–Crippen LogP) is 5.33. The highest BCUT2D eigenvalue weighted by atomic mass is 19.4. The second kappa shape index (κ2) is 10.1. The molecule has 15 heteroatoms. The minimum absolute atomic E-state index is 0.00568. The van der Waals surface area contributed by atoms with E-state index in [-0.39, 0.29) is 28.7 Å². The largest absolute Gasteiger partial charge is 0.453 e. The number of ether oxygens (including phenoxy) is 1. The van der Waals surface area contributed by atoms with Crippen molar-refractivity contribution in [1.29, 1.82) is 0 Å². The van der Waals surface area contributed by atoms with E-state index in [9.17, 15) is 31.1 Å². The second-order valence-electron chi connectivity index (χ2n) is 11.6. The molecule has 44 heavy (non-hydrogen) atoms. The smallest absolute Gasteiger partial charge is 0.372 e. The molecular weight excluding hydrogens is 592 g/mol. The highest BCUT2D eigenvalue weighted by Crippen LogP contribution is 2.47. The highest BCUT2D eigenvalue weighted by molar-refractivity contribution is 6.09. The Hall–Kier alpha value is -4.27. The Kier molecular flexibility index (Phi) is 6.87. The fourth-order valence-corrected chi connectivity index (χ4v) is 5.63. The van der Waals surface area contributed by atoms with Crippen LogP contribution in [0.25, 0.3) is 17.2 Å². The molecule has 9 nitrogen and oxygen atoms in total. The number of nitrogens with zero attached hydrogens (tertiary/aromatic N) is 6. The van der Waals surface area contributed by atoms with Crippen molar-refractivity contribution in [2.75, 3.05) is 29.9 Å². The third kappa shape index (κ3) is 5.02. The lowest BCUT2D eigenvalue weighted by Gasteiger charge is -2.40. The first-order chi connectivity index (χ1) is 20.6. The van der Waals surface area contributed by atoms with Gasteiger partial charge in [-0.15, -0.1) is 0 Å². The fourth-order valence-electron chi connectivity index (χ4n) is 5.63. The van der Waals surface area contributed by atoms with Crippen molar-refractivity contribution in [2.24, 2.45) is 0 Å². The van der Waals surface area contributed by atoms with Crippen molar-refractivity contribution in [3.63, 3.8) is 0 Å². The number of rotatable bonds is 6. The standard InChI is InChI=1S/C29H27F6N7O2/c1-26(2)15-42(12-13-44-26)24-20-22(40-25(43)27(20,3)16-4-6-17(30)7-5-16)38-21(39-24)19-14-41-11-10-36-23(41)18(37-19)8-9-28(31,32)29(33,34)35/h4-7,10-11,14H,8-9,12-13,15H2,1-3H3,(H,38,39,40,43). The van der Waals surface area contributed by atoms with E-state index in [0.29, 0.717) is 36.6 Å². The second-order valence-corrected chi connectivity index (χ2v) is 11.6. The number of aryl methyl sites for hydroxylation is 1. The summed E-state index contributed by atoms with van der Waals surface area (Å²) in [5.74, 6) is -5.27. The van der Waals surface area contributed by atoms with Crippen molar-refractivity contribution in [3.05, 3.63) is 65.5 Å². The Morgan fingerprint density at radius 1 is 1.05 bits per heavy atom. The Morgan fingerprint density at radius 3 is 2.45 bits per heavy atom. The van der Waals surface area contributed by atoms with Crippen molar-refractivity contribution >= 4 is 23.2 Å². The number of amides is 1. The SMILES string of the molecule is CC1(C)CN(c2nc(-c3cn4ccnc4c(CCC(F)(F)C(F)(F)F)n3)nc3c2C(C)(c2ccc(F)cc2)C(=O)N3)CCO1. The minimum Gasteiger partial charge on any atom is -0.372 e. The molecule has 0 spiro atoms. The van der Waals surface area contributed by atoms with E-state index in [1.807, 2.05) is 18.7 Å². The summed E-state index contributed by atoms with van der Waals surface area (Å²) >= 11 is 0. The average Bonchev–Trinajstić information content (AvgIpc) is 3.53. The molecule has 3 aromatic heterocycles. The Labute approximate surface area is 247 Å². The number of carbonyl (C=O) groups is 1. The van der Waals surface area contributed by atoms with Crippen LogP contribution >= 0.6 is 0 Å². The van der Waals surface area contributed by atoms with Crippen molar-refractivity contribution in [1.82, 2.24) is 24.3 Å². The van der Waals surface area contributed by atoms with Gasteiger partial charge >= 0.3 is 12.1 Å². The lowest BCUT2D eigenvalue weighted by Crippen LogP contribution is -2.49.